The monoisotopic (exact) mass is 295 g/mol. The molecule has 1 aromatic heterocycles. The van der Waals surface area contributed by atoms with Gasteiger partial charge in [0.1, 0.15) is 0 Å². The molecule has 0 unspecified atom stereocenters. The number of hydrogen-bond donors (Lipinski definition) is 0. The van der Waals surface area contributed by atoms with E-state index in [1.165, 1.54) is 0 Å². The summed E-state index contributed by atoms with van der Waals surface area (Å²) in [5, 5.41) is 3.14. The molecular formula is C14H21N3O2S. The second-order valence-electron chi connectivity index (χ2n) is 5.10. The van der Waals surface area contributed by atoms with Crippen LogP contribution in [0.1, 0.15) is 30.5 Å². The molecule has 110 valence electrons. The van der Waals surface area contributed by atoms with Crippen molar-refractivity contribution in [2.75, 3.05) is 26.2 Å². The molecule has 0 saturated carbocycles. The Morgan fingerprint density at radius 1 is 1.25 bits per heavy atom. The van der Waals surface area contributed by atoms with Gasteiger partial charge >= 0.3 is 0 Å². The van der Waals surface area contributed by atoms with Crippen LogP contribution in [0.3, 0.4) is 0 Å². The first kappa shape index (κ1) is 15.0. The molecule has 1 fully saturated rings. The summed E-state index contributed by atoms with van der Waals surface area (Å²) in [7, 11) is 0. The molecule has 0 N–H and O–H groups in total. The normalized spacial score (nSPS) is 15.5. The number of thiazole rings is 1. The molecule has 2 rings (SSSR count). The third kappa shape index (κ3) is 4.03. The number of piperazine rings is 1. The second kappa shape index (κ2) is 6.83. The van der Waals surface area contributed by atoms with E-state index >= 15 is 0 Å². The molecule has 1 aliphatic heterocycles. The van der Waals surface area contributed by atoms with Gasteiger partial charge in [0.25, 0.3) is 0 Å². The molecule has 0 atom stereocenters. The Balaban J connectivity index is 1.69. The van der Waals surface area contributed by atoms with Crippen LogP contribution in [0.15, 0.2) is 5.38 Å². The summed E-state index contributed by atoms with van der Waals surface area (Å²) >= 11 is 1.65. The first-order chi connectivity index (χ1) is 9.56. The van der Waals surface area contributed by atoms with E-state index in [-0.39, 0.29) is 11.8 Å². The molecule has 2 amide bonds. The van der Waals surface area contributed by atoms with E-state index in [1.807, 2.05) is 11.8 Å². The van der Waals surface area contributed by atoms with Gasteiger partial charge in [-0.3, -0.25) is 9.59 Å². The SMILES string of the molecule is CC(=O)N1CCN(C(=O)CCCc2csc(C)n2)CC1. The topological polar surface area (TPSA) is 53.5 Å². The molecule has 1 saturated heterocycles. The van der Waals surface area contributed by atoms with Crippen molar-refractivity contribution >= 4 is 23.2 Å². The lowest BCUT2D eigenvalue weighted by Gasteiger charge is -2.34. The average Bonchev–Trinajstić information content (AvgIpc) is 2.84. The van der Waals surface area contributed by atoms with Gasteiger partial charge in [-0.25, -0.2) is 4.98 Å². The minimum Gasteiger partial charge on any atom is -0.339 e. The molecular weight excluding hydrogens is 274 g/mol. The van der Waals surface area contributed by atoms with E-state index in [4.69, 9.17) is 0 Å². The largest absolute Gasteiger partial charge is 0.339 e. The van der Waals surface area contributed by atoms with Crippen molar-refractivity contribution in [1.29, 1.82) is 0 Å². The summed E-state index contributed by atoms with van der Waals surface area (Å²) in [6.45, 7) is 6.21. The van der Waals surface area contributed by atoms with Crippen molar-refractivity contribution in [3.05, 3.63) is 16.1 Å². The Hall–Kier alpha value is -1.43. The van der Waals surface area contributed by atoms with Crippen LogP contribution in [0.25, 0.3) is 0 Å². The number of carbonyl (C=O) groups is 2. The van der Waals surface area contributed by atoms with Gasteiger partial charge in [-0.2, -0.15) is 0 Å². The number of amides is 2. The van der Waals surface area contributed by atoms with Gasteiger partial charge in [-0.1, -0.05) is 0 Å². The first-order valence-corrected chi connectivity index (χ1v) is 7.88. The van der Waals surface area contributed by atoms with Crippen LogP contribution in [-0.4, -0.2) is 52.8 Å². The van der Waals surface area contributed by atoms with Crippen molar-refractivity contribution in [2.45, 2.75) is 33.1 Å². The van der Waals surface area contributed by atoms with Gasteiger partial charge in [-0.15, -0.1) is 11.3 Å². The van der Waals surface area contributed by atoms with Gasteiger partial charge in [0.05, 0.1) is 10.7 Å². The van der Waals surface area contributed by atoms with Crippen molar-refractivity contribution in [2.24, 2.45) is 0 Å². The number of aryl methyl sites for hydroxylation is 2. The smallest absolute Gasteiger partial charge is 0.222 e. The van der Waals surface area contributed by atoms with Crippen molar-refractivity contribution < 1.29 is 9.59 Å². The molecule has 0 bridgehead atoms. The highest BCUT2D eigenvalue weighted by Crippen LogP contribution is 2.12. The summed E-state index contributed by atoms with van der Waals surface area (Å²) in [6, 6.07) is 0. The number of hydrogen-bond acceptors (Lipinski definition) is 4. The predicted octanol–water partition coefficient (Wildman–Crippen LogP) is 1.46. The predicted molar refractivity (Wildman–Crippen MR) is 78.6 cm³/mol. The zero-order valence-corrected chi connectivity index (χ0v) is 12.9. The summed E-state index contributed by atoms with van der Waals surface area (Å²) in [5.74, 6) is 0.288. The molecule has 0 spiro atoms. The van der Waals surface area contributed by atoms with Gasteiger partial charge in [0.15, 0.2) is 0 Å². The standard InChI is InChI=1S/C14H21N3O2S/c1-11-15-13(10-20-11)4-3-5-14(19)17-8-6-16(7-9-17)12(2)18/h10H,3-9H2,1-2H3. The molecule has 5 nitrogen and oxygen atoms in total. The summed E-state index contributed by atoms with van der Waals surface area (Å²) in [4.78, 5) is 31.4. The fourth-order valence-electron chi connectivity index (χ4n) is 2.37. The minimum absolute atomic E-state index is 0.0935. The number of rotatable bonds is 4. The Morgan fingerprint density at radius 3 is 2.45 bits per heavy atom. The highest BCUT2D eigenvalue weighted by molar-refractivity contribution is 7.09. The van der Waals surface area contributed by atoms with Crippen molar-refractivity contribution in [1.82, 2.24) is 14.8 Å². The van der Waals surface area contributed by atoms with Crippen LogP contribution in [0, 0.1) is 6.92 Å². The van der Waals surface area contributed by atoms with E-state index in [9.17, 15) is 9.59 Å². The summed E-state index contributed by atoms with van der Waals surface area (Å²) in [5.41, 5.74) is 1.08. The maximum absolute atomic E-state index is 12.1. The lowest BCUT2D eigenvalue weighted by atomic mass is 10.2. The van der Waals surface area contributed by atoms with Gasteiger partial charge < -0.3 is 9.80 Å². The Labute approximate surface area is 123 Å². The van der Waals surface area contributed by atoms with Gasteiger partial charge in [0, 0.05) is 44.9 Å². The third-order valence-corrected chi connectivity index (χ3v) is 4.39. The lowest BCUT2D eigenvalue weighted by molar-refractivity contribution is -0.138. The first-order valence-electron chi connectivity index (χ1n) is 7.00. The van der Waals surface area contributed by atoms with E-state index in [0.717, 1.165) is 23.5 Å². The molecule has 0 aromatic carbocycles. The molecule has 0 radical (unpaired) electrons. The molecule has 1 aliphatic rings. The quantitative estimate of drug-likeness (QED) is 0.845. The highest BCUT2D eigenvalue weighted by atomic mass is 32.1. The number of nitrogens with zero attached hydrogens (tertiary/aromatic N) is 3. The number of aromatic nitrogens is 1. The molecule has 0 aliphatic carbocycles. The van der Waals surface area contributed by atoms with E-state index in [0.29, 0.717) is 32.6 Å². The maximum Gasteiger partial charge on any atom is 0.222 e. The van der Waals surface area contributed by atoms with Crippen LogP contribution in [0.5, 0.6) is 0 Å². The van der Waals surface area contributed by atoms with Gasteiger partial charge in [-0.05, 0) is 19.8 Å². The van der Waals surface area contributed by atoms with Crippen molar-refractivity contribution in [3.8, 4) is 0 Å². The summed E-state index contributed by atoms with van der Waals surface area (Å²) in [6.07, 6.45) is 2.27. The minimum atomic E-state index is 0.0935. The summed E-state index contributed by atoms with van der Waals surface area (Å²) < 4.78 is 0. The van der Waals surface area contributed by atoms with Crippen LogP contribution in [0.4, 0.5) is 0 Å². The zero-order chi connectivity index (χ0) is 14.5. The lowest BCUT2D eigenvalue weighted by Crippen LogP contribution is -2.50. The molecule has 20 heavy (non-hydrogen) atoms. The average molecular weight is 295 g/mol. The Bertz CT molecular complexity index is 479. The Morgan fingerprint density at radius 2 is 1.90 bits per heavy atom. The van der Waals surface area contributed by atoms with E-state index in [1.54, 1.807) is 23.2 Å². The fourth-order valence-corrected chi connectivity index (χ4v) is 3.02. The van der Waals surface area contributed by atoms with Crippen molar-refractivity contribution in [3.63, 3.8) is 0 Å². The maximum atomic E-state index is 12.1. The molecule has 2 heterocycles. The third-order valence-electron chi connectivity index (χ3n) is 3.57. The van der Waals surface area contributed by atoms with Crippen LogP contribution >= 0.6 is 11.3 Å². The van der Waals surface area contributed by atoms with Gasteiger partial charge in [0.2, 0.25) is 11.8 Å². The van der Waals surface area contributed by atoms with Crippen LogP contribution in [0.2, 0.25) is 0 Å². The zero-order valence-electron chi connectivity index (χ0n) is 12.1. The highest BCUT2D eigenvalue weighted by Gasteiger charge is 2.21. The Kier molecular flexibility index (Phi) is 5.11. The van der Waals surface area contributed by atoms with Crippen LogP contribution < -0.4 is 0 Å². The fraction of sp³-hybridized carbons (Fsp3) is 0.643. The van der Waals surface area contributed by atoms with Crippen LogP contribution in [-0.2, 0) is 16.0 Å². The van der Waals surface area contributed by atoms with E-state index < -0.39 is 0 Å². The van der Waals surface area contributed by atoms with E-state index in [2.05, 4.69) is 10.4 Å². The molecule has 6 heteroatoms. The molecule has 1 aromatic rings. The second-order valence-corrected chi connectivity index (χ2v) is 6.16. The number of carbonyl (C=O) groups excluding carboxylic acids is 2.